The second kappa shape index (κ2) is 11.8. The molecule has 1 aliphatic rings. The van der Waals surface area contributed by atoms with Crippen molar-refractivity contribution in [1.29, 1.82) is 0 Å². The zero-order valence-electron chi connectivity index (χ0n) is 18.7. The van der Waals surface area contributed by atoms with Crippen LogP contribution in [0.2, 0.25) is 0 Å². The second-order valence-corrected chi connectivity index (χ2v) is 7.66. The number of ether oxygens (including phenoxy) is 2. The summed E-state index contributed by atoms with van der Waals surface area (Å²) in [7, 11) is 9.07. The quantitative estimate of drug-likeness (QED) is 0.425. The highest BCUT2D eigenvalue weighted by molar-refractivity contribution is 6.35. The molecule has 2 amide bonds. The molecule has 9 heteroatoms. The van der Waals surface area contributed by atoms with E-state index in [4.69, 9.17) is 9.47 Å². The molecular formula is C21H35N5O4. The molecule has 1 heterocycles. The minimum Gasteiger partial charge on any atom is -0.378 e. The van der Waals surface area contributed by atoms with E-state index in [0.717, 1.165) is 37.4 Å². The number of rotatable bonds is 9. The van der Waals surface area contributed by atoms with Crippen LogP contribution in [0.5, 0.6) is 0 Å². The summed E-state index contributed by atoms with van der Waals surface area (Å²) in [6.45, 7) is 4.21. The van der Waals surface area contributed by atoms with Crippen LogP contribution >= 0.6 is 0 Å². The fourth-order valence-electron chi connectivity index (χ4n) is 3.37. The Morgan fingerprint density at radius 2 is 1.50 bits per heavy atom. The minimum atomic E-state index is -0.700. The maximum Gasteiger partial charge on any atom is 0.309 e. The molecule has 30 heavy (non-hydrogen) atoms. The normalized spacial score (nSPS) is 16.3. The second-order valence-electron chi connectivity index (χ2n) is 7.66. The molecule has 0 aromatic heterocycles. The highest BCUT2D eigenvalue weighted by Crippen LogP contribution is 2.24. The molecule has 9 nitrogen and oxygen atoms in total. The number of benzene rings is 1. The first-order chi connectivity index (χ1) is 14.3. The molecule has 1 aliphatic heterocycles. The molecule has 1 saturated heterocycles. The van der Waals surface area contributed by atoms with Crippen molar-refractivity contribution in [2.24, 2.45) is 0 Å². The van der Waals surface area contributed by atoms with Gasteiger partial charge in [-0.1, -0.05) is 12.1 Å². The van der Waals surface area contributed by atoms with E-state index in [9.17, 15) is 9.59 Å². The molecule has 1 aromatic rings. The largest absolute Gasteiger partial charge is 0.378 e. The van der Waals surface area contributed by atoms with Crippen LogP contribution < -0.4 is 15.5 Å². The van der Waals surface area contributed by atoms with Crippen molar-refractivity contribution in [2.45, 2.75) is 12.3 Å². The van der Waals surface area contributed by atoms with Gasteiger partial charge in [-0.3, -0.25) is 14.5 Å². The molecule has 168 valence electrons. The molecular weight excluding hydrogens is 386 g/mol. The van der Waals surface area contributed by atoms with Crippen molar-refractivity contribution in [3.63, 3.8) is 0 Å². The Hall–Kier alpha value is -2.20. The van der Waals surface area contributed by atoms with Crippen molar-refractivity contribution in [1.82, 2.24) is 20.4 Å². The number of nitrogens with one attached hydrogen (secondary N) is 2. The Bertz CT molecular complexity index is 670. The van der Waals surface area contributed by atoms with Gasteiger partial charge >= 0.3 is 11.8 Å². The van der Waals surface area contributed by atoms with Gasteiger partial charge in [0.05, 0.1) is 12.6 Å². The van der Waals surface area contributed by atoms with Gasteiger partial charge in [0.25, 0.3) is 0 Å². The number of carbonyl (C=O) groups is 2. The molecule has 1 fully saturated rings. The third-order valence-electron chi connectivity index (χ3n) is 5.39. The molecule has 0 radical (unpaired) electrons. The lowest BCUT2D eigenvalue weighted by atomic mass is 10.0. The lowest BCUT2D eigenvalue weighted by molar-refractivity contribution is -0.141. The maximum atomic E-state index is 12.3. The molecule has 2 N–H and O–H groups in total. The SMILES string of the molecule is COC(CNC(=O)C(=O)NC[C@H](c1ccc(N(C)C)cc1)N1CCN(C)CC1)OC. The fourth-order valence-corrected chi connectivity index (χ4v) is 3.37. The number of hydrogen-bond acceptors (Lipinski definition) is 7. The van der Waals surface area contributed by atoms with Gasteiger partial charge in [-0.2, -0.15) is 0 Å². The van der Waals surface area contributed by atoms with Gasteiger partial charge in [0.1, 0.15) is 0 Å². The highest BCUT2D eigenvalue weighted by atomic mass is 16.7. The first-order valence-corrected chi connectivity index (χ1v) is 10.2. The maximum absolute atomic E-state index is 12.3. The Labute approximate surface area is 179 Å². The average Bonchev–Trinajstić information content (AvgIpc) is 2.75. The zero-order chi connectivity index (χ0) is 22.1. The first-order valence-electron chi connectivity index (χ1n) is 10.2. The topological polar surface area (TPSA) is 86.4 Å². The van der Waals surface area contributed by atoms with Crippen LogP contribution in [0, 0.1) is 0 Å². The summed E-state index contributed by atoms with van der Waals surface area (Å²) < 4.78 is 10.0. The fraction of sp³-hybridized carbons (Fsp3) is 0.619. The van der Waals surface area contributed by atoms with Gasteiger partial charge in [0, 0.05) is 66.7 Å². The summed E-state index contributed by atoms with van der Waals surface area (Å²) in [6, 6.07) is 8.32. The number of methoxy groups -OCH3 is 2. The lowest BCUT2D eigenvalue weighted by Crippen LogP contribution is -2.50. The van der Waals surface area contributed by atoms with E-state index in [2.05, 4.69) is 51.7 Å². The lowest BCUT2D eigenvalue weighted by Gasteiger charge is -2.38. The van der Waals surface area contributed by atoms with E-state index in [0.29, 0.717) is 6.54 Å². The van der Waals surface area contributed by atoms with E-state index in [1.165, 1.54) is 14.2 Å². The number of hydrogen-bond donors (Lipinski definition) is 2. The zero-order valence-corrected chi connectivity index (χ0v) is 18.7. The van der Waals surface area contributed by atoms with E-state index in [1.54, 1.807) is 0 Å². The first kappa shape index (κ1) is 24.1. The number of carbonyl (C=O) groups excluding carboxylic acids is 2. The van der Waals surface area contributed by atoms with Gasteiger partial charge in [-0.05, 0) is 24.7 Å². The van der Waals surface area contributed by atoms with Gasteiger partial charge in [0.15, 0.2) is 6.29 Å². The molecule has 0 bridgehead atoms. The van der Waals surface area contributed by atoms with E-state index >= 15 is 0 Å². The third-order valence-corrected chi connectivity index (χ3v) is 5.39. The molecule has 0 aliphatic carbocycles. The molecule has 0 spiro atoms. The molecule has 0 saturated carbocycles. The summed E-state index contributed by atoms with van der Waals surface area (Å²) in [5, 5.41) is 5.31. The Kier molecular flexibility index (Phi) is 9.51. The van der Waals surface area contributed by atoms with Gasteiger partial charge in [0.2, 0.25) is 0 Å². The number of amides is 2. The third kappa shape index (κ3) is 6.94. The number of anilines is 1. The highest BCUT2D eigenvalue weighted by Gasteiger charge is 2.25. The predicted octanol–water partition coefficient (Wildman–Crippen LogP) is -0.108. The summed E-state index contributed by atoms with van der Waals surface area (Å²) in [6.07, 6.45) is -0.588. The van der Waals surface area contributed by atoms with E-state index < -0.39 is 18.1 Å². The molecule has 1 aromatic carbocycles. The number of piperazine rings is 1. The van der Waals surface area contributed by atoms with Crippen LogP contribution in [0.1, 0.15) is 11.6 Å². The summed E-state index contributed by atoms with van der Waals surface area (Å²) >= 11 is 0. The predicted molar refractivity (Wildman–Crippen MR) is 116 cm³/mol. The Morgan fingerprint density at radius 1 is 0.967 bits per heavy atom. The summed E-state index contributed by atoms with van der Waals surface area (Å²) in [5.74, 6) is -1.36. The van der Waals surface area contributed by atoms with Crippen molar-refractivity contribution >= 4 is 17.5 Å². The van der Waals surface area contributed by atoms with Crippen molar-refractivity contribution in [2.75, 3.05) is 79.5 Å². The molecule has 1 atom stereocenters. The monoisotopic (exact) mass is 421 g/mol. The molecule has 0 unspecified atom stereocenters. The average molecular weight is 422 g/mol. The van der Waals surface area contributed by atoms with Crippen molar-refractivity contribution in [3.05, 3.63) is 29.8 Å². The summed E-state index contributed by atoms with van der Waals surface area (Å²) in [5.41, 5.74) is 2.23. The van der Waals surface area contributed by atoms with Crippen LogP contribution in [0.25, 0.3) is 0 Å². The van der Waals surface area contributed by atoms with Gasteiger partial charge in [-0.25, -0.2) is 0 Å². The Morgan fingerprint density at radius 3 is 2.00 bits per heavy atom. The van der Waals surface area contributed by atoms with Crippen LogP contribution in [-0.2, 0) is 19.1 Å². The smallest absolute Gasteiger partial charge is 0.309 e. The minimum absolute atomic E-state index is 0.00244. The molecule has 2 rings (SSSR count). The Balaban J connectivity index is 2.02. The van der Waals surface area contributed by atoms with Crippen molar-refractivity contribution in [3.8, 4) is 0 Å². The van der Waals surface area contributed by atoms with Crippen LogP contribution in [0.15, 0.2) is 24.3 Å². The number of likely N-dealkylation sites (N-methyl/N-ethyl adjacent to an activating group) is 1. The van der Waals surface area contributed by atoms with E-state index in [1.807, 2.05) is 19.0 Å². The van der Waals surface area contributed by atoms with E-state index in [-0.39, 0.29) is 12.6 Å². The van der Waals surface area contributed by atoms with Crippen LogP contribution in [0.4, 0.5) is 5.69 Å². The van der Waals surface area contributed by atoms with Crippen LogP contribution in [0.3, 0.4) is 0 Å². The number of nitrogens with zero attached hydrogens (tertiary/aromatic N) is 3. The van der Waals surface area contributed by atoms with Crippen molar-refractivity contribution < 1.29 is 19.1 Å². The van der Waals surface area contributed by atoms with Crippen LogP contribution in [-0.4, -0.2) is 103 Å². The van der Waals surface area contributed by atoms with Gasteiger partial charge in [-0.15, -0.1) is 0 Å². The van der Waals surface area contributed by atoms with Gasteiger partial charge < -0.3 is 29.9 Å². The standard InChI is InChI=1S/C21H35N5O4/c1-24(2)17-8-6-16(7-9-17)18(26-12-10-25(3)11-13-26)14-22-20(27)21(28)23-15-19(29-4)30-5/h6-9,18-19H,10-15H2,1-5H3,(H,22,27)(H,23,28)/t18-/m1/s1. The summed E-state index contributed by atoms with van der Waals surface area (Å²) in [4.78, 5) is 31.1.